The van der Waals surface area contributed by atoms with E-state index in [4.69, 9.17) is 4.74 Å². The molecule has 0 spiro atoms. The van der Waals surface area contributed by atoms with E-state index >= 15 is 0 Å². The predicted octanol–water partition coefficient (Wildman–Crippen LogP) is 2.13. The van der Waals surface area contributed by atoms with Gasteiger partial charge in [0.25, 0.3) is 0 Å². The molecule has 0 amide bonds. The van der Waals surface area contributed by atoms with Crippen molar-refractivity contribution in [2.24, 2.45) is 0 Å². The third-order valence-corrected chi connectivity index (χ3v) is 2.77. The number of rotatable bonds is 6. The van der Waals surface area contributed by atoms with Gasteiger partial charge in [-0.25, -0.2) is 0 Å². The molecule has 15 heavy (non-hydrogen) atoms. The Hall–Kier alpha value is -0.870. The first-order chi connectivity index (χ1) is 7.22. The van der Waals surface area contributed by atoms with Crippen molar-refractivity contribution in [2.45, 2.75) is 19.9 Å². The molecule has 0 atom stereocenters. The van der Waals surface area contributed by atoms with Gasteiger partial charge in [-0.1, -0.05) is 0 Å². The van der Waals surface area contributed by atoms with Gasteiger partial charge in [-0.3, -0.25) is 4.79 Å². The zero-order valence-corrected chi connectivity index (χ0v) is 10.0. The van der Waals surface area contributed by atoms with Crippen molar-refractivity contribution in [2.75, 3.05) is 20.2 Å². The minimum absolute atomic E-state index is 0.116. The van der Waals surface area contributed by atoms with E-state index in [-0.39, 0.29) is 5.97 Å². The molecule has 1 aromatic rings. The molecule has 0 unspecified atom stereocenters. The fraction of sp³-hybridized carbons (Fsp3) is 0.545. The van der Waals surface area contributed by atoms with Crippen LogP contribution in [0.5, 0.6) is 0 Å². The van der Waals surface area contributed by atoms with Crippen molar-refractivity contribution in [1.82, 2.24) is 4.90 Å². The summed E-state index contributed by atoms with van der Waals surface area (Å²) in [6.45, 7) is 3.93. The van der Waals surface area contributed by atoms with E-state index in [1.165, 1.54) is 5.56 Å². The molecule has 0 aromatic carbocycles. The summed E-state index contributed by atoms with van der Waals surface area (Å²) in [4.78, 5) is 13.2. The van der Waals surface area contributed by atoms with Crippen LogP contribution in [0.25, 0.3) is 0 Å². The average Bonchev–Trinajstić information content (AvgIpc) is 2.68. The highest BCUT2D eigenvalue weighted by molar-refractivity contribution is 7.07. The normalized spacial score (nSPS) is 10.6. The van der Waals surface area contributed by atoms with Crippen LogP contribution in [0, 0.1) is 0 Å². The van der Waals surface area contributed by atoms with Crippen LogP contribution in [-0.2, 0) is 16.1 Å². The van der Waals surface area contributed by atoms with Crippen LogP contribution in [0.1, 0.15) is 18.9 Å². The minimum atomic E-state index is -0.116. The second kappa shape index (κ2) is 6.58. The summed E-state index contributed by atoms with van der Waals surface area (Å²) in [6.07, 6.45) is 0.467. The average molecular weight is 227 g/mol. The van der Waals surface area contributed by atoms with Crippen molar-refractivity contribution in [3.63, 3.8) is 0 Å². The van der Waals surface area contributed by atoms with Gasteiger partial charge in [0, 0.05) is 13.1 Å². The summed E-state index contributed by atoms with van der Waals surface area (Å²) < 4.78 is 4.86. The molecule has 0 radical (unpaired) electrons. The largest absolute Gasteiger partial charge is 0.466 e. The molecule has 84 valence electrons. The van der Waals surface area contributed by atoms with Gasteiger partial charge in [-0.2, -0.15) is 11.3 Å². The van der Waals surface area contributed by atoms with Gasteiger partial charge in [0.15, 0.2) is 0 Å². The first-order valence-corrected chi connectivity index (χ1v) is 6.02. The lowest BCUT2D eigenvalue weighted by Crippen LogP contribution is -2.22. The Labute approximate surface area is 94.7 Å². The summed E-state index contributed by atoms with van der Waals surface area (Å²) >= 11 is 1.70. The lowest BCUT2D eigenvalue weighted by molar-refractivity contribution is -0.143. The third kappa shape index (κ3) is 4.95. The van der Waals surface area contributed by atoms with Gasteiger partial charge in [-0.05, 0) is 36.4 Å². The highest BCUT2D eigenvalue weighted by Crippen LogP contribution is 2.08. The van der Waals surface area contributed by atoms with E-state index < -0.39 is 0 Å². The molecule has 0 saturated carbocycles. The van der Waals surface area contributed by atoms with E-state index in [0.717, 1.165) is 13.1 Å². The maximum Gasteiger partial charge on any atom is 0.307 e. The van der Waals surface area contributed by atoms with Crippen molar-refractivity contribution in [3.8, 4) is 0 Å². The van der Waals surface area contributed by atoms with Gasteiger partial charge in [0.05, 0.1) is 13.0 Å². The molecule has 4 heteroatoms. The van der Waals surface area contributed by atoms with Crippen LogP contribution in [0.4, 0.5) is 0 Å². The molecule has 0 aliphatic carbocycles. The summed E-state index contributed by atoms with van der Waals surface area (Å²) in [6, 6.07) is 2.10. The number of hydrogen-bond acceptors (Lipinski definition) is 4. The molecule has 1 aromatic heterocycles. The van der Waals surface area contributed by atoms with Crippen LogP contribution < -0.4 is 0 Å². The Morgan fingerprint density at radius 1 is 1.60 bits per heavy atom. The Kier molecular flexibility index (Phi) is 5.36. The molecular formula is C11H17NO2S. The van der Waals surface area contributed by atoms with Crippen LogP contribution in [0.15, 0.2) is 16.8 Å². The third-order valence-electron chi connectivity index (χ3n) is 2.04. The molecule has 0 bridgehead atoms. The minimum Gasteiger partial charge on any atom is -0.466 e. The summed E-state index contributed by atoms with van der Waals surface area (Å²) in [7, 11) is 2.01. The van der Waals surface area contributed by atoms with E-state index in [0.29, 0.717) is 13.0 Å². The van der Waals surface area contributed by atoms with Crippen molar-refractivity contribution in [3.05, 3.63) is 22.4 Å². The van der Waals surface area contributed by atoms with Gasteiger partial charge in [0.2, 0.25) is 0 Å². The molecule has 0 aliphatic heterocycles. The summed E-state index contributed by atoms with van der Waals surface area (Å²) in [5.41, 5.74) is 1.30. The number of thiophene rings is 1. The number of carbonyl (C=O) groups excluding carboxylic acids is 1. The predicted molar refractivity (Wildman–Crippen MR) is 61.9 cm³/mol. The second-order valence-corrected chi connectivity index (χ2v) is 4.20. The molecule has 0 N–H and O–H groups in total. The number of nitrogens with zero attached hydrogens (tertiary/aromatic N) is 1. The van der Waals surface area contributed by atoms with E-state index in [2.05, 4.69) is 21.7 Å². The molecule has 0 fully saturated rings. The Morgan fingerprint density at radius 2 is 2.40 bits per heavy atom. The number of esters is 1. The monoisotopic (exact) mass is 227 g/mol. The van der Waals surface area contributed by atoms with Gasteiger partial charge in [0.1, 0.15) is 0 Å². The SMILES string of the molecule is CCOC(=O)CCN(C)Cc1ccsc1. The smallest absolute Gasteiger partial charge is 0.307 e. The second-order valence-electron chi connectivity index (χ2n) is 3.42. The lowest BCUT2D eigenvalue weighted by Gasteiger charge is -2.14. The van der Waals surface area contributed by atoms with E-state index in [1.807, 2.05) is 14.0 Å². The fourth-order valence-electron chi connectivity index (χ4n) is 1.29. The quantitative estimate of drug-likeness (QED) is 0.697. The Bertz CT molecular complexity index is 285. The highest BCUT2D eigenvalue weighted by atomic mass is 32.1. The van der Waals surface area contributed by atoms with Crippen LogP contribution in [-0.4, -0.2) is 31.1 Å². The number of hydrogen-bond donors (Lipinski definition) is 0. The molecular weight excluding hydrogens is 210 g/mol. The molecule has 3 nitrogen and oxygen atoms in total. The lowest BCUT2D eigenvalue weighted by atomic mass is 10.3. The van der Waals surface area contributed by atoms with Gasteiger partial charge in [-0.15, -0.1) is 0 Å². The van der Waals surface area contributed by atoms with Crippen molar-refractivity contribution in [1.29, 1.82) is 0 Å². The van der Waals surface area contributed by atoms with E-state index in [1.54, 1.807) is 11.3 Å². The first-order valence-electron chi connectivity index (χ1n) is 5.07. The van der Waals surface area contributed by atoms with Crippen LogP contribution in [0.3, 0.4) is 0 Å². The topological polar surface area (TPSA) is 29.5 Å². The van der Waals surface area contributed by atoms with Gasteiger partial charge >= 0.3 is 5.97 Å². The maximum atomic E-state index is 11.1. The summed E-state index contributed by atoms with van der Waals surface area (Å²) in [5, 5.41) is 4.19. The molecule has 0 saturated heterocycles. The standard InChI is InChI=1S/C11H17NO2S/c1-3-14-11(13)4-6-12(2)8-10-5-7-15-9-10/h5,7,9H,3-4,6,8H2,1-2H3. The highest BCUT2D eigenvalue weighted by Gasteiger charge is 2.05. The number of carbonyl (C=O) groups is 1. The maximum absolute atomic E-state index is 11.1. The van der Waals surface area contributed by atoms with Crippen LogP contribution >= 0.6 is 11.3 Å². The molecule has 0 aliphatic rings. The Balaban J connectivity index is 2.19. The molecule has 1 rings (SSSR count). The first kappa shape index (κ1) is 12.2. The number of ether oxygens (including phenoxy) is 1. The van der Waals surface area contributed by atoms with E-state index in [9.17, 15) is 4.79 Å². The Morgan fingerprint density at radius 3 is 3.00 bits per heavy atom. The molecule has 1 heterocycles. The van der Waals surface area contributed by atoms with Crippen LogP contribution in [0.2, 0.25) is 0 Å². The fourth-order valence-corrected chi connectivity index (χ4v) is 1.95. The zero-order chi connectivity index (χ0) is 11.1. The summed E-state index contributed by atoms with van der Waals surface area (Å²) in [5.74, 6) is -0.116. The van der Waals surface area contributed by atoms with Crippen molar-refractivity contribution < 1.29 is 9.53 Å². The zero-order valence-electron chi connectivity index (χ0n) is 9.23. The van der Waals surface area contributed by atoms with Crippen molar-refractivity contribution >= 4 is 17.3 Å². The van der Waals surface area contributed by atoms with Gasteiger partial charge < -0.3 is 9.64 Å².